The van der Waals surface area contributed by atoms with Gasteiger partial charge in [-0.3, -0.25) is 0 Å². The number of aliphatic hydroxyl groups excluding tert-OH is 1. The van der Waals surface area contributed by atoms with Crippen molar-refractivity contribution in [2.75, 3.05) is 6.61 Å². The van der Waals surface area contributed by atoms with Crippen molar-refractivity contribution < 1.29 is 13.5 Å². The fraction of sp³-hybridized carbons (Fsp3) is 0.500. The van der Waals surface area contributed by atoms with Gasteiger partial charge in [0, 0.05) is 12.1 Å². The molecule has 0 heterocycles. The molecule has 1 aromatic rings. The summed E-state index contributed by atoms with van der Waals surface area (Å²) in [6.07, 6.45) is 0.329. The van der Waals surface area contributed by atoms with Crippen molar-refractivity contribution in [3.05, 3.63) is 28.8 Å². The maximum Gasteiger partial charge on any atom is 0.242 e. The van der Waals surface area contributed by atoms with Crippen molar-refractivity contribution >= 4 is 21.6 Å². The quantitative estimate of drug-likeness (QED) is 0.873. The molecule has 0 atom stereocenters. The van der Waals surface area contributed by atoms with Crippen LogP contribution in [0.1, 0.15) is 25.8 Å². The minimum Gasteiger partial charge on any atom is -0.396 e. The molecular formula is C12H18ClNO3S. The van der Waals surface area contributed by atoms with Crippen molar-refractivity contribution in [2.45, 2.75) is 37.6 Å². The summed E-state index contributed by atoms with van der Waals surface area (Å²) < 4.78 is 26.9. The Hall–Kier alpha value is -0.620. The van der Waals surface area contributed by atoms with Crippen LogP contribution in [0.25, 0.3) is 0 Å². The third-order valence-electron chi connectivity index (χ3n) is 2.52. The van der Waals surface area contributed by atoms with Gasteiger partial charge in [-0.05, 0) is 44.9 Å². The van der Waals surface area contributed by atoms with E-state index in [0.717, 1.165) is 5.56 Å². The minimum atomic E-state index is -3.68. The van der Waals surface area contributed by atoms with E-state index in [2.05, 4.69) is 4.72 Å². The SMILES string of the molecule is Cc1ccc(S(=O)(=O)NC(C)(C)CCO)c(Cl)c1. The molecule has 0 aliphatic heterocycles. The van der Waals surface area contributed by atoms with Gasteiger partial charge in [-0.1, -0.05) is 17.7 Å². The van der Waals surface area contributed by atoms with E-state index < -0.39 is 15.6 Å². The number of aliphatic hydroxyl groups is 1. The molecule has 0 spiro atoms. The van der Waals surface area contributed by atoms with Crippen LogP contribution in [-0.4, -0.2) is 25.7 Å². The summed E-state index contributed by atoms with van der Waals surface area (Å²) >= 11 is 5.95. The van der Waals surface area contributed by atoms with Gasteiger partial charge in [0.25, 0.3) is 0 Å². The van der Waals surface area contributed by atoms with E-state index in [-0.39, 0.29) is 16.5 Å². The van der Waals surface area contributed by atoms with Gasteiger partial charge in [-0.25, -0.2) is 13.1 Å². The maximum absolute atomic E-state index is 12.2. The average Bonchev–Trinajstić information content (AvgIpc) is 2.14. The highest BCUT2D eigenvalue weighted by atomic mass is 35.5. The minimum absolute atomic E-state index is 0.0563. The molecule has 0 amide bonds. The van der Waals surface area contributed by atoms with Crippen LogP contribution in [0.2, 0.25) is 5.02 Å². The van der Waals surface area contributed by atoms with E-state index in [1.165, 1.54) is 6.07 Å². The summed E-state index contributed by atoms with van der Waals surface area (Å²) in [7, 11) is -3.68. The topological polar surface area (TPSA) is 66.4 Å². The van der Waals surface area contributed by atoms with E-state index in [9.17, 15) is 8.42 Å². The highest BCUT2D eigenvalue weighted by molar-refractivity contribution is 7.89. The molecule has 0 bridgehead atoms. The van der Waals surface area contributed by atoms with Gasteiger partial charge in [0.2, 0.25) is 10.0 Å². The fourth-order valence-electron chi connectivity index (χ4n) is 1.57. The summed E-state index contributed by atoms with van der Waals surface area (Å²) in [5, 5.41) is 9.10. The Labute approximate surface area is 113 Å². The number of halogens is 1. The molecule has 18 heavy (non-hydrogen) atoms. The monoisotopic (exact) mass is 291 g/mol. The van der Waals surface area contributed by atoms with Crippen LogP contribution < -0.4 is 4.72 Å². The lowest BCUT2D eigenvalue weighted by Gasteiger charge is -2.25. The van der Waals surface area contributed by atoms with E-state index in [4.69, 9.17) is 16.7 Å². The molecule has 0 aliphatic carbocycles. The molecule has 0 saturated heterocycles. The summed E-state index contributed by atoms with van der Waals surface area (Å²) in [6.45, 7) is 5.17. The first-order valence-corrected chi connectivity index (χ1v) is 7.45. The van der Waals surface area contributed by atoms with Crippen LogP contribution in [0.3, 0.4) is 0 Å². The van der Waals surface area contributed by atoms with Crippen molar-refractivity contribution in [3.8, 4) is 0 Å². The Bertz CT molecular complexity index is 526. The lowest BCUT2D eigenvalue weighted by molar-refractivity contribution is 0.246. The van der Waals surface area contributed by atoms with Gasteiger partial charge in [-0.2, -0.15) is 0 Å². The molecule has 0 aliphatic rings. The summed E-state index contributed by atoms with van der Waals surface area (Å²) in [4.78, 5) is 0.0563. The lowest BCUT2D eigenvalue weighted by Crippen LogP contribution is -2.43. The molecule has 2 N–H and O–H groups in total. The zero-order valence-corrected chi connectivity index (χ0v) is 12.3. The van der Waals surface area contributed by atoms with E-state index in [1.807, 2.05) is 6.92 Å². The first-order chi connectivity index (χ1) is 8.18. The number of sulfonamides is 1. The Morgan fingerprint density at radius 1 is 1.39 bits per heavy atom. The zero-order valence-electron chi connectivity index (χ0n) is 10.7. The average molecular weight is 292 g/mol. The zero-order chi connectivity index (χ0) is 14.0. The molecule has 102 valence electrons. The fourth-order valence-corrected chi connectivity index (χ4v) is 3.62. The second-order valence-electron chi connectivity index (χ2n) is 4.90. The molecule has 0 unspecified atom stereocenters. The van der Waals surface area contributed by atoms with Crippen molar-refractivity contribution in [2.24, 2.45) is 0 Å². The maximum atomic E-state index is 12.2. The number of aryl methyl sites for hydroxylation is 1. The molecule has 0 fully saturated rings. The normalized spacial score (nSPS) is 12.7. The Kier molecular flexibility index (Phi) is 4.78. The Morgan fingerprint density at radius 3 is 2.50 bits per heavy atom. The van der Waals surface area contributed by atoms with Gasteiger partial charge in [0.1, 0.15) is 4.90 Å². The molecule has 6 heteroatoms. The third-order valence-corrected chi connectivity index (χ3v) is 4.71. The first kappa shape index (κ1) is 15.4. The van der Waals surface area contributed by atoms with Crippen molar-refractivity contribution in [1.29, 1.82) is 0 Å². The van der Waals surface area contributed by atoms with E-state index in [1.54, 1.807) is 26.0 Å². The van der Waals surface area contributed by atoms with Crippen LogP contribution in [0.5, 0.6) is 0 Å². The van der Waals surface area contributed by atoms with Crippen LogP contribution in [0, 0.1) is 6.92 Å². The number of hydrogen-bond donors (Lipinski definition) is 2. The van der Waals surface area contributed by atoms with Crippen LogP contribution >= 0.6 is 11.6 Å². The van der Waals surface area contributed by atoms with Crippen LogP contribution in [-0.2, 0) is 10.0 Å². The molecule has 1 aromatic carbocycles. The summed E-state index contributed by atoms with van der Waals surface area (Å²) in [6, 6.07) is 4.78. The number of benzene rings is 1. The summed E-state index contributed by atoms with van der Waals surface area (Å²) in [5.74, 6) is 0. The number of nitrogens with one attached hydrogen (secondary N) is 1. The second-order valence-corrected chi connectivity index (χ2v) is 6.95. The van der Waals surface area contributed by atoms with Gasteiger partial charge < -0.3 is 5.11 Å². The molecule has 4 nitrogen and oxygen atoms in total. The standard InChI is InChI=1S/C12H18ClNO3S/c1-9-4-5-11(10(13)8-9)18(16,17)14-12(2,3)6-7-15/h4-5,8,14-15H,6-7H2,1-3H3. The Balaban J connectivity index is 3.07. The van der Waals surface area contributed by atoms with Crippen LogP contribution in [0.15, 0.2) is 23.1 Å². The van der Waals surface area contributed by atoms with E-state index >= 15 is 0 Å². The lowest BCUT2D eigenvalue weighted by atomic mass is 10.0. The van der Waals surface area contributed by atoms with Crippen molar-refractivity contribution in [1.82, 2.24) is 4.72 Å². The predicted octanol–water partition coefficient (Wildman–Crippen LogP) is 2.09. The Morgan fingerprint density at radius 2 is 2.00 bits per heavy atom. The number of hydrogen-bond acceptors (Lipinski definition) is 3. The smallest absolute Gasteiger partial charge is 0.242 e. The van der Waals surface area contributed by atoms with Crippen molar-refractivity contribution in [3.63, 3.8) is 0 Å². The first-order valence-electron chi connectivity index (χ1n) is 5.59. The largest absolute Gasteiger partial charge is 0.396 e. The van der Waals surface area contributed by atoms with Crippen LogP contribution in [0.4, 0.5) is 0 Å². The third kappa shape index (κ3) is 3.95. The van der Waals surface area contributed by atoms with Gasteiger partial charge >= 0.3 is 0 Å². The van der Waals surface area contributed by atoms with E-state index in [0.29, 0.717) is 6.42 Å². The molecule has 0 saturated carbocycles. The van der Waals surface area contributed by atoms with Gasteiger partial charge in [0.05, 0.1) is 5.02 Å². The summed E-state index contributed by atoms with van der Waals surface area (Å²) in [5.41, 5.74) is 0.176. The predicted molar refractivity (Wildman–Crippen MR) is 72.3 cm³/mol. The highest BCUT2D eigenvalue weighted by Crippen LogP contribution is 2.24. The molecule has 0 radical (unpaired) electrons. The van der Waals surface area contributed by atoms with Gasteiger partial charge in [0.15, 0.2) is 0 Å². The highest BCUT2D eigenvalue weighted by Gasteiger charge is 2.27. The second kappa shape index (κ2) is 5.57. The molecule has 1 rings (SSSR count). The molecule has 0 aromatic heterocycles. The van der Waals surface area contributed by atoms with Gasteiger partial charge in [-0.15, -0.1) is 0 Å². The number of rotatable bonds is 5. The molecular weight excluding hydrogens is 274 g/mol.